The van der Waals surface area contributed by atoms with E-state index in [2.05, 4.69) is 97.7 Å². The Morgan fingerprint density at radius 3 is 2.21 bits per heavy atom. The van der Waals surface area contributed by atoms with Crippen LogP contribution in [0.25, 0.3) is 0 Å². The predicted octanol–water partition coefficient (Wildman–Crippen LogP) is 6.67. The van der Waals surface area contributed by atoms with Gasteiger partial charge in [0.15, 0.2) is 8.32 Å². The molecule has 0 spiro atoms. The summed E-state index contributed by atoms with van der Waals surface area (Å²) in [5.74, 6) is 1.68. The first-order chi connectivity index (χ1) is 15.6. The number of benzene rings is 1. The Balaban J connectivity index is 1.70. The van der Waals surface area contributed by atoms with Gasteiger partial charge in [0, 0.05) is 5.54 Å². The predicted molar refractivity (Wildman–Crippen MR) is 150 cm³/mol. The van der Waals surface area contributed by atoms with Gasteiger partial charge >= 0.3 is 7.12 Å². The zero-order chi connectivity index (χ0) is 25.3. The van der Waals surface area contributed by atoms with Gasteiger partial charge in [-0.2, -0.15) is 0 Å². The molecule has 4 fully saturated rings. The molecule has 3 nitrogen and oxygen atoms in total. The highest BCUT2D eigenvalue weighted by Gasteiger charge is 2.68. The van der Waals surface area contributed by atoms with Gasteiger partial charge in [-0.1, -0.05) is 76.3 Å². The molecule has 34 heavy (non-hydrogen) atoms. The molecule has 1 aromatic carbocycles. The van der Waals surface area contributed by atoms with E-state index in [1.807, 2.05) is 0 Å². The molecule has 0 radical (unpaired) electrons. The summed E-state index contributed by atoms with van der Waals surface area (Å²) in [5.41, 5.74) is 1.42. The number of rotatable bonds is 8. The minimum atomic E-state index is -2.04. The average molecular weight is 499 g/mol. The summed E-state index contributed by atoms with van der Waals surface area (Å²) in [7, 11) is -4.17. The van der Waals surface area contributed by atoms with E-state index in [-0.39, 0.29) is 30.5 Å². The Bertz CT molecular complexity index is 910. The van der Waals surface area contributed by atoms with Crippen LogP contribution in [-0.4, -0.2) is 41.3 Å². The van der Waals surface area contributed by atoms with Gasteiger partial charge in [0.1, 0.15) is 0 Å². The first-order valence-electron chi connectivity index (χ1n) is 13.3. The molecule has 1 aromatic rings. The van der Waals surface area contributed by atoms with E-state index in [0.29, 0.717) is 17.3 Å². The summed E-state index contributed by atoms with van der Waals surface area (Å²) in [6.07, 6.45) is 2.65. The molecule has 0 aromatic heterocycles. The fraction of sp³-hybridized carbons (Fsp3) is 0.714. The van der Waals surface area contributed by atoms with Gasteiger partial charge in [0.25, 0.3) is 0 Å². The van der Waals surface area contributed by atoms with Crippen molar-refractivity contribution in [1.82, 2.24) is 0 Å². The molecule has 5 rings (SSSR count). The highest BCUT2D eigenvalue weighted by molar-refractivity contribution is 6.92. The third kappa shape index (κ3) is 4.36. The van der Waals surface area contributed by atoms with Gasteiger partial charge < -0.3 is 13.7 Å². The molecule has 3 aliphatic carbocycles. The molecular weight excluding hydrogens is 451 g/mol. The molecule has 0 unspecified atom stereocenters. The second-order valence-corrected chi connectivity index (χ2v) is 23.0. The van der Waals surface area contributed by atoms with Crippen molar-refractivity contribution in [2.45, 2.75) is 104 Å². The fourth-order valence-corrected chi connectivity index (χ4v) is 12.4. The Morgan fingerprint density at radius 1 is 1.06 bits per heavy atom. The average Bonchev–Trinajstić information content (AvgIpc) is 3.09. The Morgan fingerprint density at radius 2 is 1.68 bits per heavy atom. The maximum atomic E-state index is 6.96. The first kappa shape index (κ1) is 26.4. The molecule has 6 heteroatoms. The lowest BCUT2D eigenvalue weighted by molar-refractivity contribution is -0.199. The SMILES string of the molecule is C=C(B1O[C@H]2C[C@H]3C[C@H](C3(C)C)[C@@]2(C)O1)[C@@H]([C@@H](O[Si](C)(C)C)C(C)C)[Si](C)(C)c1ccccc1. The smallest absolute Gasteiger partial charge is 0.414 e. The zero-order valence-electron chi connectivity index (χ0n) is 23.3. The van der Waals surface area contributed by atoms with Crippen LogP contribution < -0.4 is 5.19 Å². The van der Waals surface area contributed by atoms with Gasteiger partial charge in [-0.15, -0.1) is 6.58 Å². The molecule has 0 amide bonds. The Labute approximate surface area is 211 Å². The van der Waals surface area contributed by atoms with Gasteiger partial charge in [-0.25, -0.2) is 0 Å². The minimum absolute atomic E-state index is 0.105. The van der Waals surface area contributed by atoms with E-state index < -0.39 is 16.4 Å². The lowest BCUT2D eigenvalue weighted by Crippen LogP contribution is -2.65. The molecule has 4 aliphatic rings. The lowest BCUT2D eigenvalue weighted by atomic mass is 9.43. The van der Waals surface area contributed by atoms with Gasteiger partial charge in [0.2, 0.25) is 0 Å². The molecule has 1 aliphatic heterocycles. The van der Waals surface area contributed by atoms with Crippen molar-refractivity contribution >= 4 is 28.7 Å². The molecule has 188 valence electrons. The zero-order valence-corrected chi connectivity index (χ0v) is 25.3. The molecular formula is C28H47BO3Si2. The number of hydrogen-bond acceptors (Lipinski definition) is 3. The van der Waals surface area contributed by atoms with E-state index in [4.69, 9.17) is 20.3 Å². The summed E-state index contributed by atoms with van der Waals surface area (Å²) in [4.78, 5) is 0. The van der Waals surface area contributed by atoms with Crippen LogP contribution in [0.3, 0.4) is 0 Å². The quantitative estimate of drug-likeness (QED) is 0.375. The molecule has 2 bridgehead atoms. The third-order valence-corrected chi connectivity index (χ3v) is 14.5. The molecule has 0 N–H and O–H groups in total. The summed E-state index contributed by atoms with van der Waals surface area (Å²) in [6, 6.07) is 11.0. The fourth-order valence-electron chi connectivity index (χ4n) is 7.30. The van der Waals surface area contributed by atoms with Crippen molar-refractivity contribution in [3.8, 4) is 0 Å². The summed E-state index contributed by atoms with van der Waals surface area (Å²) < 4.78 is 20.6. The first-order valence-corrected chi connectivity index (χ1v) is 19.8. The van der Waals surface area contributed by atoms with Crippen molar-refractivity contribution in [2.24, 2.45) is 23.2 Å². The van der Waals surface area contributed by atoms with E-state index >= 15 is 0 Å². The van der Waals surface area contributed by atoms with Crippen LogP contribution in [-0.2, 0) is 13.7 Å². The van der Waals surface area contributed by atoms with Crippen LogP contribution >= 0.6 is 0 Å². The van der Waals surface area contributed by atoms with Crippen LogP contribution in [0.2, 0.25) is 38.3 Å². The van der Waals surface area contributed by atoms with Crippen molar-refractivity contribution in [1.29, 1.82) is 0 Å². The summed E-state index contributed by atoms with van der Waals surface area (Å²) in [6.45, 7) is 28.3. The normalized spacial score (nSPS) is 32.2. The highest BCUT2D eigenvalue weighted by atomic mass is 28.4. The monoisotopic (exact) mass is 498 g/mol. The van der Waals surface area contributed by atoms with Crippen LogP contribution in [0.4, 0.5) is 0 Å². The maximum absolute atomic E-state index is 6.96. The largest absolute Gasteiger partial charge is 0.489 e. The van der Waals surface area contributed by atoms with Crippen LogP contribution in [0, 0.1) is 23.2 Å². The standard InChI is InChI=1S/C28H47BO3Si2/c1-19(2)25(31-33(7,8)9)26(34(10,11)22-15-13-12-14-16-22)20(3)29-30-24-18-21-17-23(27(21,4)5)28(24,6)32-29/h12-16,19,21,23-26H,3,17-18H2,1-2,4-11H3/t21-,23-,24+,25+,26+,28-/m1/s1. The van der Waals surface area contributed by atoms with Crippen LogP contribution in [0.15, 0.2) is 42.4 Å². The van der Waals surface area contributed by atoms with Crippen molar-refractivity contribution in [3.63, 3.8) is 0 Å². The Hall–Kier alpha value is -0.661. The summed E-state index contributed by atoms with van der Waals surface area (Å²) in [5, 5.41) is 1.44. The summed E-state index contributed by atoms with van der Waals surface area (Å²) >= 11 is 0. The molecule has 1 heterocycles. The third-order valence-electron chi connectivity index (χ3n) is 9.42. The van der Waals surface area contributed by atoms with Crippen molar-refractivity contribution in [3.05, 3.63) is 42.4 Å². The maximum Gasteiger partial charge on any atom is 0.489 e. The Kier molecular flexibility index (Phi) is 6.77. The lowest BCUT2D eigenvalue weighted by Gasteiger charge is -2.64. The van der Waals surface area contributed by atoms with Gasteiger partial charge in [-0.05, 0) is 68.0 Å². The minimum Gasteiger partial charge on any atom is -0.414 e. The molecule has 6 atom stereocenters. The van der Waals surface area contributed by atoms with E-state index in [1.165, 1.54) is 11.6 Å². The highest BCUT2D eigenvalue weighted by Crippen LogP contribution is 2.66. The van der Waals surface area contributed by atoms with Crippen molar-refractivity contribution < 1.29 is 13.7 Å². The number of hydrogen-bond donors (Lipinski definition) is 0. The van der Waals surface area contributed by atoms with Crippen LogP contribution in [0.1, 0.15) is 47.5 Å². The van der Waals surface area contributed by atoms with Crippen molar-refractivity contribution in [2.75, 3.05) is 0 Å². The van der Waals surface area contributed by atoms with Crippen LogP contribution in [0.5, 0.6) is 0 Å². The molecule has 3 saturated carbocycles. The molecule has 1 saturated heterocycles. The van der Waals surface area contributed by atoms with E-state index in [1.54, 1.807) is 0 Å². The topological polar surface area (TPSA) is 27.7 Å². The second-order valence-electron chi connectivity index (χ2n) is 13.9. The van der Waals surface area contributed by atoms with Gasteiger partial charge in [-0.3, -0.25) is 0 Å². The van der Waals surface area contributed by atoms with E-state index in [0.717, 1.165) is 17.8 Å². The van der Waals surface area contributed by atoms with E-state index in [9.17, 15) is 0 Å². The second kappa shape index (κ2) is 8.72. The van der Waals surface area contributed by atoms with Gasteiger partial charge in [0.05, 0.1) is 25.9 Å².